The molecule has 0 aliphatic heterocycles. The summed E-state index contributed by atoms with van der Waals surface area (Å²) in [6, 6.07) is 1.58. The molecular weight excluding hydrogens is 241 g/mol. The number of hydrogen-bond donors (Lipinski definition) is 0. The first-order chi connectivity index (χ1) is 8.51. The van der Waals surface area contributed by atoms with E-state index in [0.29, 0.717) is 5.69 Å². The Morgan fingerprint density at radius 1 is 1.00 bits per heavy atom. The van der Waals surface area contributed by atoms with Crippen LogP contribution in [0.3, 0.4) is 0 Å². The van der Waals surface area contributed by atoms with Crippen molar-refractivity contribution in [2.24, 2.45) is 7.05 Å². The summed E-state index contributed by atoms with van der Waals surface area (Å²) in [5.41, 5.74) is 1.68. The molecule has 0 aromatic carbocycles. The summed E-state index contributed by atoms with van der Waals surface area (Å²) < 4.78 is 16.0. The highest BCUT2D eigenvalue weighted by molar-refractivity contribution is 5.80. The highest BCUT2D eigenvalue weighted by Gasteiger charge is 2.26. The van der Waals surface area contributed by atoms with E-state index in [1.807, 2.05) is 27.8 Å². The lowest BCUT2D eigenvalue weighted by Crippen LogP contribution is -2.16. The Bertz CT molecular complexity index is 627. The molecule has 0 saturated carbocycles. The summed E-state index contributed by atoms with van der Waals surface area (Å²) >= 11 is 0. The Morgan fingerprint density at radius 3 is 2.00 bits per heavy atom. The molecule has 0 spiro atoms. The molecule has 3 nitrogen and oxygen atoms in total. The molecule has 19 heavy (non-hydrogen) atoms. The molecule has 2 aromatic rings. The van der Waals surface area contributed by atoms with Gasteiger partial charge in [0, 0.05) is 23.3 Å². The number of rotatable bonds is 0. The van der Waals surface area contributed by atoms with Crippen molar-refractivity contribution in [2.45, 2.75) is 52.4 Å². The van der Waals surface area contributed by atoms with Gasteiger partial charge >= 0.3 is 0 Å². The van der Waals surface area contributed by atoms with E-state index in [1.54, 1.807) is 10.7 Å². The molecule has 0 atom stereocenters. The average Bonchev–Trinajstić information content (AvgIpc) is 2.52. The summed E-state index contributed by atoms with van der Waals surface area (Å²) in [5.74, 6) is -0.251. The van der Waals surface area contributed by atoms with Gasteiger partial charge < -0.3 is 0 Å². The topological polar surface area (TPSA) is 30.7 Å². The maximum absolute atomic E-state index is 14.3. The zero-order valence-corrected chi connectivity index (χ0v) is 12.8. The van der Waals surface area contributed by atoms with Crippen molar-refractivity contribution < 1.29 is 4.39 Å². The van der Waals surface area contributed by atoms with Gasteiger partial charge in [-0.3, -0.25) is 4.68 Å². The summed E-state index contributed by atoms with van der Waals surface area (Å²) in [6.07, 6.45) is 0. The highest BCUT2D eigenvalue weighted by Crippen LogP contribution is 2.31. The van der Waals surface area contributed by atoms with Crippen LogP contribution in [0.1, 0.15) is 52.9 Å². The van der Waals surface area contributed by atoms with Gasteiger partial charge in [-0.2, -0.15) is 5.10 Å². The van der Waals surface area contributed by atoms with Gasteiger partial charge in [0.15, 0.2) is 5.65 Å². The van der Waals surface area contributed by atoms with E-state index in [-0.39, 0.29) is 16.6 Å². The lowest BCUT2D eigenvalue weighted by molar-refractivity contribution is 0.505. The number of nitrogens with zero attached hydrogens (tertiary/aromatic N) is 3. The van der Waals surface area contributed by atoms with Gasteiger partial charge in [-0.15, -0.1) is 0 Å². The molecular formula is C15H22FN3. The largest absolute Gasteiger partial charge is 0.250 e. The molecule has 0 radical (unpaired) electrons. The predicted molar refractivity (Wildman–Crippen MR) is 75.9 cm³/mol. The van der Waals surface area contributed by atoms with Crippen molar-refractivity contribution in [1.82, 2.24) is 14.8 Å². The van der Waals surface area contributed by atoms with Crippen LogP contribution in [0, 0.1) is 5.82 Å². The number of aromatic nitrogens is 3. The van der Waals surface area contributed by atoms with Crippen LogP contribution in [0.25, 0.3) is 11.0 Å². The number of hydrogen-bond acceptors (Lipinski definition) is 2. The van der Waals surface area contributed by atoms with Crippen molar-refractivity contribution >= 4 is 11.0 Å². The second-order valence-corrected chi connectivity index (χ2v) is 7.16. The second kappa shape index (κ2) is 4.02. The third kappa shape index (κ3) is 2.36. The minimum atomic E-state index is -0.315. The molecule has 104 valence electrons. The Hall–Kier alpha value is -1.45. The fourth-order valence-electron chi connectivity index (χ4n) is 2.23. The van der Waals surface area contributed by atoms with E-state index in [2.05, 4.69) is 30.9 Å². The zero-order chi connectivity index (χ0) is 14.6. The molecule has 0 bridgehead atoms. The Balaban J connectivity index is 2.81. The third-order valence-electron chi connectivity index (χ3n) is 3.19. The molecule has 0 aliphatic rings. The van der Waals surface area contributed by atoms with E-state index >= 15 is 0 Å². The molecule has 4 heteroatoms. The van der Waals surface area contributed by atoms with E-state index in [4.69, 9.17) is 0 Å². The smallest absolute Gasteiger partial charge is 0.158 e. The first-order valence-electron chi connectivity index (χ1n) is 6.56. The summed E-state index contributed by atoms with van der Waals surface area (Å²) in [5, 5.41) is 5.32. The van der Waals surface area contributed by atoms with Crippen molar-refractivity contribution in [3.05, 3.63) is 23.3 Å². The summed E-state index contributed by atoms with van der Waals surface area (Å²) in [7, 11) is 1.86. The van der Waals surface area contributed by atoms with Crippen LogP contribution in [-0.4, -0.2) is 14.8 Å². The zero-order valence-electron chi connectivity index (χ0n) is 12.8. The maximum Gasteiger partial charge on any atom is 0.158 e. The third-order valence-corrected chi connectivity index (χ3v) is 3.19. The predicted octanol–water partition coefficient (Wildman–Crippen LogP) is 3.70. The van der Waals surface area contributed by atoms with Crippen LogP contribution >= 0.6 is 0 Å². The van der Waals surface area contributed by atoms with E-state index < -0.39 is 0 Å². The highest BCUT2D eigenvalue weighted by atomic mass is 19.1. The standard InChI is InChI=1S/C15H22FN3/c1-14(2,3)11-9-8-10(16)12(15(4,5)6)17-13(9)19(7)18-11/h8H,1-7H3. The number of fused-ring (bicyclic) bond motifs is 1. The summed E-state index contributed by atoms with van der Waals surface area (Å²) in [4.78, 5) is 4.51. The van der Waals surface area contributed by atoms with Crippen LogP contribution in [0.4, 0.5) is 4.39 Å². The Labute approximate surface area is 113 Å². The lowest BCUT2D eigenvalue weighted by atomic mass is 9.88. The molecule has 2 aromatic heterocycles. The molecule has 0 N–H and O–H groups in total. The normalized spacial score (nSPS) is 13.3. The molecule has 0 saturated heterocycles. The van der Waals surface area contributed by atoms with Gasteiger partial charge in [0.25, 0.3) is 0 Å². The fraction of sp³-hybridized carbons (Fsp3) is 0.600. The quantitative estimate of drug-likeness (QED) is 0.725. The van der Waals surface area contributed by atoms with Gasteiger partial charge in [0.05, 0.1) is 11.4 Å². The van der Waals surface area contributed by atoms with Gasteiger partial charge in [-0.05, 0) is 6.07 Å². The maximum atomic E-state index is 14.3. The van der Waals surface area contributed by atoms with E-state index in [1.165, 1.54) is 0 Å². The number of pyridine rings is 1. The second-order valence-electron chi connectivity index (χ2n) is 7.16. The lowest BCUT2D eigenvalue weighted by Gasteiger charge is -2.19. The molecule has 0 amide bonds. The number of halogens is 1. The monoisotopic (exact) mass is 263 g/mol. The Kier molecular flexibility index (Phi) is 2.96. The van der Waals surface area contributed by atoms with Gasteiger partial charge in [-0.1, -0.05) is 41.5 Å². The van der Waals surface area contributed by atoms with Crippen LogP contribution in [0.2, 0.25) is 0 Å². The first kappa shape index (κ1) is 14.0. The minimum absolute atomic E-state index is 0.128. The van der Waals surface area contributed by atoms with Gasteiger partial charge in [0.2, 0.25) is 0 Å². The molecule has 0 aliphatic carbocycles. The van der Waals surface area contributed by atoms with E-state index in [9.17, 15) is 4.39 Å². The van der Waals surface area contributed by atoms with Crippen molar-refractivity contribution in [1.29, 1.82) is 0 Å². The van der Waals surface area contributed by atoms with Crippen LogP contribution < -0.4 is 0 Å². The van der Waals surface area contributed by atoms with Gasteiger partial charge in [-0.25, -0.2) is 9.37 Å². The first-order valence-corrected chi connectivity index (χ1v) is 6.56. The number of aryl methyl sites for hydroxylation is 1. The van der Waals surface area contributed by atoms with Crippen LogP contribution in [0.5, 0.6) is 0 Å². The Morgan fingerprint density at radius 2 is 1.53 bits per heavy atom. The summed E-state index contributed by atoms with van der Waals surface area (Å²) in [6.45, 7) is 12.1. The fourth-order valence-corrected chi connectivity index (χ4v) is 2.23. The molecule has 0 unspecified atom stereocenters. The average molecular weight is 263 g/mol. The molecule has 0 fully saturated rings. The van der Waals surface area contributed by atoms with Crippen molar-refractivity contribution in [3.63, 3.8) is 0 Å². The van der Waals surface area contributed by atoms with Gasteiger partial charge in [0.1, 0.15) is 5.82 Å². The van der Waals surface area contributed by atoms with Crippen molar-refractivity contribution in [3.8, 4) is 0 Å². The molecule has 2 heterocycles. The SMILES string of the molecule is Cn1nc(C(C)(C)C)c2cc(F)c(C(C)(C)C)nc21. The van der Waals surface area contributed by atoms with Crippen LogP contribution in [-0.2, 0) is 17.9 Å². The van der Waals surface area contributed by atoms with E-state index in [0.717, 1.165) is 16.7 Å². The minimum Gasteiger partial charge on any atom is -0.250 e. The molecule has 2 rings (SSSR count). The van der Waals surface area contributed by atoms with Crippen LogP contribution in [0.15, 0.2) is 6.07 Å². The van der Waals surface area contributed by atoms with Crippen molar-refractivity contribution in [2.75, 3.05) is 0 Å².